The molecule has 9 heteroatoms. The number of alkyl halides is 3. The van der Waals surface area contributed by atoms with Crippen LogP contribution in [0.25, 0.3) is 0 Å². The molecule has 1 atom stereocenters. The zero-order valence-corrected chi connectivity index (χ0v) is 13.5. The van der Waals surface area contributed by atoms with Crippen LogP contribution in [0.15, 0.2) is 27.6 Å². The van der Waals surface area contributed by atoms with E-state index >= 15 is 0 Å². The maximum absolute atomic E-state index is 12.9. The summed E-state index contributed by atoms with van der Waals surface area (Å²) in [5.74, 6) is 0. The number of hydrogen-bond acceptors (Lipinski definition) is 3. The van der Waals surface area contributed by atoms with Crippen molar-refractivity contribution in [3.8, 4) is 0 Å². The third kappa shape index (κ3) is 3.41. The Kier molecular flexibility index (Phi) is 4.67. The van der Waals surface area contributed by atoms with E-state index in [9.17, 15) is 21.6 Å². The molecule has 21 heavy (non-hydrogen) atoms. The van der Waals surface area contributed by atoms with E-state index < -0.39 is 21.8 Å². The number of nitrogens with one attached hydrogen (secondary N) is 1. The van der Waals surface area contributed by atoms with Gasteiger partial charge in [-0.3, -0.25) is 0 Å². The zero-order chi connectivity index (χ0) is 15.8. The van der Waals surface area contributed by atoms with E-state index in [-0.39, 0.29) is 22.0 Å². The molecule has 0 bridgehead atoms. The summed E-state index contributed by atoms with van der Waals surface area (Å²) in [5, 5.41) is 3.04. The number of piperazine rings is 1. The fourth-order valence-corrected chi connectivity index (χ4v) is 4.33. The largest absolute Gasteiger partial charge is 0.417 e. The second kappa shape index (κ2) is 5.86. The lowest BCUT2D eigenvalue weighted by molar-refractivity contribution is -0.138. The first-order chi connectivity index (χ1) is 9.64. The quantitative estimate of drug-likeness (QED) is 0.849. The summed E-state index contributed by atoms with van der Waals surface area (Å²) < 4.78 is 64.7. The van der Waals surface area contributed by atoms with Crippen molar-refractivity contribution in [2.75, 3.05) is 19.6 Å². The van der Waals surface area contributed by atoms with Gasteiger partial charge in [0.05, 0.1) is 10.5 Å². The molecule has 1 N–H and O–H groups in total. The number of hydrogen-bond donors (Lipinski definition) is 1. The minimum Gasteiger partial charge on any atom is -0.314 e. The lowest BCUT2D eigenvalue weighted by Gasteiger charge is -2.33. The van der Waals surface area contributed by atoms with Crippen LogP contribution in [0.5, 0.6) is 0 Å². The van der Waals surface area contributed by atoms with Gasteiger partial charge in [-0.2, -0.15) is 17.5 Å². The highest BCUT2D eigenvalue weighted by Gasteiger charge is 2.36. The van der Waals surface area contributed by atoms with Gasteiger partial charge in [-0.05, 0) is 25.1 Å². The van der Waals surface area contributed by atoms with Gasteiger partial charge < -0.3 is 5.32 Å². The average Bonchev–Trinajstić information content (AvgIpc) is 2.37. The number of nitrogens with zero attached hydrogens (tertiary/aromatic N) is 1. The van der Waals surface area contributed by atoms with E-state index in [1.807, 2.05) is 0 Å². The van der Waals surface area contributed by atoms with Crippen molar-refractivity contribution in [3.63, 3.8) is 0 Å². The van der Waals surface area contributed by atoms with Gasteiger partial charge in [0.25, 0.3) is 0 Å². The summed E-state index contributed by atoms with van der Waals surface area (Å²) in [7, 11) is -3.94. The summed E-state index contributed by atoms with van der Waals surface area (Å²) in [6.07, 6.45) is -4.61. The Bertz CT molecular complexity index is 634. The van der Waals surface area contributed by atoms with Crippen molar-refractivity contribution in [2.24, 2.45) is 0 Å². The molecule has 4 nitrogen and oxygen atoms in total. The van der Waals surface area contributed by atoms with Gasteiger partial charge in [0, 0.05) is 30.1 Å². The fraction of sp³-hybridized carbons (Fsp3) is 0.500. The van der Waals surface area contributed by atoms with Crippen molar-refractivity contribution in [3.05, 3.63) is 28.2 Å². The van der Waals surface area contributed by atoms with E-state index in [4.69, 9.17) is 0 Å². The monoisotopic (exact) mass is 386 g/mol. The summed E-state index contributed by atoms with van der Waals surface area (Å²) >= 11 is 2.80. The zero-order valence-electron chi connectivity index (χ0n) is 11.1. The van der Waals surface area contributed by atoms with E-state index in [1.54, 1.807) is 6.92 Å². The molecule has 0 aromatic heterocycles. The molecular formula is C12H14BrF3N2O2S. The molecule has 0 saturated carbocycles. The molecule has 0 amide bonds. The molecule has 118 valence electrons. The second-order valence-corrected chi connectivity index (χ2v) is 7.55. The molecule has 1 aromatic carbocycles. The minimum atomic E-state index is -4.61. The third-order valence-corrected chi connectivity index (χ3v) is 5.99. The lowest BCUT2D eigenvalue weighted by Crippen LogP contribution is -2.52. The van der Waals surface area contributed by atoms with Crippen molar-refractivity contribution >= 4 is 26.0 Å². The highest BCUT2D eigenvalue weighted by atomic mass is 79.9. The van der Waals surface area contributed by atoms with Crippen molar-refractivity contribution in [1.29, 1.82) is 0 Å². The summed E-state index contributed by atoms with van der Waals surface area (Å²) in [6.45, 7) is 2.91. The predicted octanol–water partition coefficient (Wildman–Crippen LogP) is 2.45. The molecule has 2 rings (SSSR count). The maximum atomic E-state index is 12.9. The molecule has 1 fully saturated rings. The average molecular weight is 387 g/mol. The van der Waals surface area contributed by atoms with Crippen LogP contribution >= 0.6 is 15.9 Å². The normalized spacial score (nSPS) is 21.5. The SMILES string of the molecule is C[C@@H]1CNCCN1S(=O)(=O)c1ccc(Br)c(C(F)(F)F)c1. The van der Waals surface area contributed by atoms with Crippen LogP contribution in [0, 0.1) is 0 Å². The first kappa shape index (κ1) is 16.7. The number of benzene rings is 1. The summed E-state index contributed by atoms with van der Waals surface area (Å²) in [4.78, 5) is -0.341. The van der Waals surface area contributed by atoms with Gasteiger partial charge in [0.15, 0.2) is 0 Å². The molecule has 1 aliphatic heterocycles. The third-order valence-electron chi connectivity index (χ3n) is 3.29. The van der Waals surface area contributed by atoms with Crippen LogP contribution in [-0.4, -0.2) is 38.4 Å². The van der Waals surface area contributed by atoms with Crippen molar-refractivity contribution in [1.82, 2.24) is 9.62 Å². The number of rotatable bonds is 2. The van der Waals surface area contributed by atoms with Gasteiger partial charge in [-0.25, -0.2) is 8.42 Å². The summed E-state index contributed by atoms with van der Waals surface area (Å²) in [5.41, 5.74) is -0.994. The summed E-state index contributed by atoms with van der Waals surface area (Å²) in [6, 6.07) is 2.67. The molecule has 1 saturated heterocycles. The topological polar surface area (TPSA) is 49.4 Å². The molecule has 1 aromatic rings. The first-order valence-corrected chi connectivity index (χ1v) is 8.46. The Hall–Kier alpha value is -0.640. The Morgan fingerprint density at radius 2 is 2.05 bits per heavy atom. The van der Waals surface area contributed by atoms with Gasteiger partial charge in [0.1, 0.15) is 0 Å². The van der Waals surface area contributed by atoms with Crippen LogP contribution in [0.1, 0.15) is 12.5 Å². The van der Waals surface area contributed by atoms with Crippen LogP contribution in [0.4, 0.5) is 13.2 Å². The minimum absolute atomic E-state index is 0.178. The Morgan fingerprint density at radius 1 is 1.38 bits per heavy atom. The first-order valence-electron chi connectivity index (χ1n) is 6.23. The van der Waals surface area contributed by atoms with E-state index in [1.165, 1.54) is 10.4 Å². The number of halogens is 4. The van der Waals surface area contributed by atoms with E-state index in [0.29, 0.717) is 19.2 Å². The number of sulfonamides is 1. The Labute approximate surface area is 129 Å². The molecular weight excluding hydrogens is 373 g/mol. The highest BCUT2D eigenvalue weighted by Crippen LogP contribution is 2.36. The predicted molar refractivity (Wildman–Crippen MR) is 75.4 cm³/mol. The van der Waals surface area contributed by atoms with Crippen molar-refractivity contribution in [2.45, 2.75) is 24.0 Å². The molecule has 1 heterocycles. The molecule has 0 unspecified atom stereocenters. The van der Waals surface area contributed by atoms with Gasteiger partial charge in [-0.15, -0.1) is 0 Å². The van der Waals surface area contributed by atoms with Gasteiger partial charge in [-0.1, -0.05) is 15.9 Å². The van der Waals surface area contributed by atoms with E-state index in [2.05, 4.69) is 21.2 Å². The van der Waals surface area contributed by atoms with Gasteiger partial charge >= 0.3 is 6.18 Å². The van der Waals surface area contributed by atoms with Gasteiger partial charge in [0.2, 0.25) is 10.0 Å². The highest BCUT2D eigenvalue weighted by molar-refractivity contribution is 9.10. The maximum Gasteiger partial charge on any atom is 0.417 e. The molecule has 0 spiro atoms. The standard InChI is InChI=1S/C12H14BrF3N2O2S/c1-8-7-17-4-5-18(8)21(19,20)9-2-3-11(13)10(6-9)12(14,15)16/h2-3,6,8,17H,4-5,7H2,1H3/t8-/m1/s1. The van der Waals surface area contributed by atoms with Crippen LogP contribution in [-0.2, 0) is 16.2 Å². The van der Waals surface area contributed by atoms with Crippen LogP contribution < -0.4 is 5.32 Å². The smallest absolute Gasteiger partial charge is 0.314 e. The van der Waals surface area contributed by atoms with Crippen LogP contribution in [0.2, 0.25) is 0 Å². The molecule has 1 aliphatic rings. The fourth-order valence-electron chi connectivity index (χ4n) is 2.20. The van der Waals surface area contributed by atoms with E-state index in [0.717, 1.165) is 6.07 Å². The van der Waals surface area contributed by atoms with Crippen molar-refractivity contribution < 1.29 is 21.6 Å². The Morgan fingerprint density at radius 3 is 2.62 bits per heavy atom. The lowest BCUT2D eigenvalue weighted by atomic mass is 10.2. The Balaban J connectivity index is 2.46. The van der Waals surface area contributed by atoms with Crippen LogP contribution in [0.3, 0.4) is 0 Å². The molecule has 0 aliphatic carbocycles. The molecule has 0 radical (unpaired) electrons. The second-order valence-electron chi connectivity index (χ2n) is 4.81.